The van der Waals surface area contributed by atoms with E-state index in [2.05, 4.69) is 20.9 Å². The molecule has 38 heavy (non-hydrogen) atoms. The standard InChI is InChI=1S/C26H35N5O6S/c1-4-19-24(34)31-21(9-7-12-27)26(36)37-18(8-5-6-13-38-17(3)32)14-23(33)28-15-22-16(2)10-11-20(29-22)25(35)30-19/h4-5,8,10-11,18,21H,6-7,9,12-15,27H2,1-3H3,(H,28,33)(H,30,35)(H,31,34)/b8-5+,19-4-/t18-,21+/m1/s1. The van der Waals surface area contributed by atoms with Crippen LogP contribution in [0.4, 0.5) is 0 Å². The molecule has 5 N–H and O–H groups in total. The highest BCUT2D eigenvalue weighted by molar-refractivity contribution is 8.13. The Kier molecular flexibility index (Phi) is 12.7. The highest BCUT2D eigenvalue weighted by atomic mass is 32.2. The van der Waals surface area contributed by atoms with Gasteiger partial charge in [0.1, 0.15) is 23.5 Å². The van der Waals surface area contributed by atoms with Gasteiger partial charge in [0.05, 0.1) is 18.7 Å². The third kappa shape index (κ3) is 10.1. The average molecular weight is 546 g/mol. The molecule has 0 spiro atoms. The molecule has 206 valence electrons. The summed E-state index contributed by atoms with van der Waals surface area (Å²) in [6.45, 7) is 5.20. The van der Waals surface area contributed by atoms with E-state index in [1.165, 1.54) is 30.8 Å². The summed E-state index contributed by atoms with van der Waals surface area (Å²) in [4.78, 5) is 67.1. The van der Waals surface area contributed by atoms with Crippen LogP contribution in [0, 0.1) is 6.92 Å². The SMILES string of the molecule is C/C=C1\NC(=O)c2ccc(C)c(n2)CNC(=O)C[C@@H](/C=C/CCSC(C)=O)OC(=O)[C@H](CCCN)NC1=O. The molecule has 12 heteroatoms. The van der Waals surface area contributed by atoms with E-state index in [0.29, 0.717) is 24.3 Å². The molecule has 2 heterocycles. The predicted molar refractivity (Wildman–Crippen MR) is 144 cm³/mol. The Morgan fingerprint density at radius 3 is 2.68 bits per heavy atom. The molecule has 2 rings (SSSR count). The van der Waals surface area contributed by atoms with Crippen molar-refractivity contribution in [3.63, 3.8) is 0 Å². The minimum atomic E-state index is -1.05. The first-order valence-electron chi connectivity index (χ1n) is 12.4. The van der Waals surface area contributed by atoms with Gasteiger partial charge in [-0.15, -0.1) is 0 Å². The Balaban J connectivity index is 2.37. The largest absolute Gasteiger partial charge is 0.456 e. The lowest BCUT2D eigenvalue weighted by atomic mass is 10.1. The summed E-state index contributed by atoms with van der Waals surface area (Å²) < 4.78 is 5.63. The summed E-state index contributed by atoms with van der Waals surface area (Å²) >= 11 is 1.17. The number of nitrogens with two attached hydrogens (primary N) is 1. The van der Waals surface area contributed by atoms with E-state index in [9.17, 15) is 24.0 Å². The smallest absolute Gasteiger partial charge is 0.329 e. The number of rotatable bonds is 7. The number of esters is 1. The van der Waals surface area contributed by atoms with Crippen LogP contribution in [0.25, 0.3) is 0 Å². The quantitative estimate of drug-likeness (QED) is 0.171. The number of nitrogens with zero attached hydrogens (tertiary/aromatic N) is 1. The minimum absolute atomic E-state index is 0.00272. The molecule has 11 nitrogen and oxygen atoms in total. The van der Waals surface area contributed by atoms with E-state index in [4.69, 9.17) is 10.5 Å². The molecule has 0 aliphatic carbocycles. The summed E-state index contributed by atoms with van der Waals surface area (Å²) in [7, 11) is 0. The number of carbonyl (C=O) groups excluding carboxylic acids is 5. The molecule has 2 atom stereocenters. The Labute approximate surface area is 226 Å². The number of carbonyl (C=O) groups is 5. The number of cyclic esters (lactones) is 1. The molecule has 1 aromatic rings. The van der Waals surface area contributed by atoms with Gasteiger partial charge in [-0.2, -0.15) is 0 Å². The molecule has 2 bridgehead atoms. The minimum Gasteiger partial charge on any atom is -0.456 e. The maximum absolute atomic E-state index is 13.1. The fourth-order valence-corrected chi connectivity index (χ4v) is 4.01. The van der Waals surface area contributed by atoms with Gasteiger partial charge in [-0.1, -0.05) is 30.0 Å². The van der Waals surface area contributed by atoms with Gasteiger partial charge in [0.2, 0.25) is 5.91 Å². The Hall–Kier alpha value is -3.51. The van der Waals surface area contributed by atoms with Crippen molar-refractivity contribution in [3.8, 4) is 0 Å². The van der Waals surface area contributed by atoms with E-state index in [1.54, 1.807) is 32.1 Å². The number of hydrogen-bond donors (Lipinski definition) is 4. The number of ether oxygens (including phenoxy) is 1. The van der Waals surface area contributed by atoms with Gasteiger partial charge in [0.25, 0.3) is 11.8 Å². The molecule has 1 aliphatic rings. The summed E-state index contributed by atoms with van der Waals surface area (Å²) in [5.74, 6) is -1.86. The number of fused-ring (bicyclic) bond motifs is 2. The van der Waals surface area contributed by atoms with Crippen LogP contribution in [0.3, 0.4) is 0 Å². The maximum atomic E-state index is 13.1. The molecular weight excluding hydrogens is 510 g/mol. The lowest BCUT2D eigenvalue weighted by Gasteiger charge is -2.22. The number of pyridine rings is 1. The summed E-state index contributed by atoms with van der Waals surface area (Å²) in [6, 6.07) is 2.18. The number of aryl methyl sites for hydroxylation is 1. The fourth-order valence-electron chi connectivity index (χ4n) is 3.47. The second kappa shape index (κ2) is 15.7. The van der Waals surface area contributed by atoms with Crippen LogP contribution in [0.1, 0.15) is 61.3 Å². The number of thioether (sulfide) groups is 1. The first-order valence-corrected chi connectivity index (χ1v) is 13.4. The van der Waals surface area contributed by atoms with Crippen molar-refractivity contribution in [2.45, 2.75) is 65.1 Å². The van der Waals surface area contributed by atoms with Crippen molar-refractivity contribution >= 4 is 40.6 Å². The second-order valence-electron chi connectivity index (χ2n) is 8.59. The van der Waals surface area contributed by atoms with Crippen LogP contribution in [0.5, 0.6) is 0 Å². The Bertz CT molecular complexity index is 1100. The zero-order valence-electron chi connectivity index (χ0n) is 21.9. The van der Waals surface area contributed by atoms with Crippen molar-refractivity contribution in [1.29, 1.82) is 0 Å². The second-order valence-corrected chi connectivity index (χ2v) is 9.86. The van der Waals surface area contributed by atoms with Crippen molar-refractivity contribution in [3.05, 3.63) is 53.0 Å². The summed E-state index contributed by atoms with van der Waals surface area (Å²) in [6.07, 6.45) is 4.86. The van der Waals surface area contributed by atoms with Gasteiger partial charge >= 0.3 is 5.97 Å². The first kappa shape index (κ1) is 30.7. The van der Waals surface area contributed by atoms with Gasteiger partial charge in [-0.3, -0.25) is 19.2 Å². The van der Waals surface area contributed by atoms with Crippen LogP contribution in [-0.2, 0) is 30.5 Å². The van der Waals surface area contributed by atoms with Gasteiger partial charge in [-0.25, -0.2) is 9.78 Å². The van der Waals surface area contributed by atoms with Gasteiger partial charge in [-0.05, 0) is 57.4 Å². The number of aromatic nitrogens is 1. The Morgan fingerprint density at radius 1 is 1.24 bits per heavy atom. The van der Waals surface area contributed by atoms with Crippen LogP contribution in [-0.4, -0.2) is 58.2 Å². The average Bonchev–Trinajstić information content (AvgIpc) is 2.87. The molecular formula is C26H35N5O6S. The van der Waals surface area contributed by atoms with E-state index < -0.39 is 35.8 Å². The van der Waals surface area contributed by atoms with Crippen LogP contribution in [0.15, 0.2) is 36.1 Å². The summed E-state index contributed by atoms with van der Waals surface area (Å²) in [5, 5.41) is 7.89. The molecule has 0 saturated carbocycles. The third-order valence-corrected chi connectivity index (χ3v) is 6.40. The normalized spacial score (nSPS) is 20.6. The number of allylic oxidation sites excluding steroid dienone is 2. The molecule has 0 unspecified atom stereocenters. The highest BCUT2D eigenvalue weighted by Gasteiger charge is 2.27. The first-order chi connectivity index (χ1) is 18.1. The molecule has 0 fully saturated rings. The monoisotopic (exact) mass is 545 g/mol. The van der Waals surface area contributed by atoms with E-state index in [0.717, 1.165) is 5.56 Å². The van der Waals surface area contributed by atoms with Gasteiger partial charge in [0, 0.05) is 12.7 Å². The van der Waals surface area contributed by atoms with E-state index in [-0.39, 0.29) is 42.4 Å². The lowest BCUT2D eigenvalue weighted by molar-refractivity contribution is -0.152. The highest BCUT2D eigenvalue weighted by Crippen LogP contribution is 2.12. The number of amides is 3. The fraction of sp³-hybridized carbons (Fsp3) is 0.462. The predicted octanol–water partition coefficient (Wildman–Crippen LogP) is 1.41. The zero-order valence-corrected chi connectivity index (χ0v) is 22.7. The van der Waals surface area contributed by atoms with E-state index >= 15 is 0 Å². The molecule has 0 radical (unpaired) electrons. The van der Waals surface area contributed by atoms with E-state index in [1.807, 2.05) is 0 Å². The van der Waals surface area contributed by atoms with Crippen molar-refractivity contribution in [2.75, 3.05) is 12.3 Å². The summed E-state index contributed by atoms with van der Waals surface area (Å²) in [5.41, 5.74) is 6.88. The van der Waals surface area contributed by atoms with Gasteiger partial charge in [0.15, 0.2) is 5.12 Å². The molecule has 1 aromatic heterocycles. The Morgan fingerprint density at radius 2 is 2.00 bits per heavy atom. The van der Waals surface area contributed by atoms with Gasteiger partial charge < -0.3 is 26.4 Å². The number of hydrogen-bond acceptors (Lipinski definition) is 9. The van der Waals surface area contributed by atoms with Crippen molar-refractivity contribution in [2.24, 2.45) is 5.73 Å². The van der Waals surface area contributed by atoms with Crippen LogP contribution >= 0.6 is 11.8 Å². The number of nitrogens with one attached hydrogen (secondary N) is 3. The molecule has 0 saturated heterocycles. The topological polar surface area (TPSA) is 170 Å². The lowest BCUT2D eigenvalue weighted by Crippen LogP contribution is -2.46. The molecule has 1 aliphatic heterocycles. The van der Waals surface area contributed by atoms with Crippen molar-refractivity contribution in [1.82, 2.24) is 20.9 Å². The zero-order chi connectivity index (χ0) is 28.1. The van der Waals surface area contributed by atoms with Crippen molar-refractivity contribution < 1.29 is 28.7 Å². The van der Waals surface area contributed by atoms with Crippen LogP contribution < -0.4 is 21.7 Å². The molecule has 0 aromatic carbocycles. The maximum Gasteiger partial charge on any atom is 0.329 e. The van der Waals surface area contributed by atoms with Crippen LogP contribution in [0.2, 0.25) is 0 Å². The third-order valence-electron chi connectivity index (χ3n) is 5.55. The molecule has 3 amide bonds.